The van der Waals surface area contributed by atoms with Crippen molar-refractivity contribution >= 4 is 11.8 Å². The maximum Gasteiger partial charge on any atom is 0.0637 e. The van der Waals surface area contributed by atoms with Gasteiger partial charge >= 0.3 is 0 Å². The molecule has 3 nitrogen and oxygen atoms in total. The summed E-state index contributed by atoms with van der Waals surface area (Å²) in [5.41, 5.74) is 1.31. The van der Waals surface area contributed by atoms with Crippen LogP contribution < -0.4 is 5.32 Å². The van der Waals surface area contributed by atoms with Crippen LogP contribution in [-0.2, 0) is 16.0 Å². The van der Waals surface area contributed by atoms with Gasteiger partial charge in [-0.2, -0.15) is 0 Å². The lowest BCUT2D eigenvalue weighted by atomic mass is 10.2. The Balaban J connectivity index is 2.36. The maximum atomic E-state index is 5.25. The van der Waals surface area contributed by atoms with Gasteiger partial charge in [-0.25, -0.2) is 0 Å². The van der Waals surface area contributed by atoms with Gasteiger partial charge in [0.1, 0.15) is 0 Å². The molecule has 1 unspecified atom stereocenters. The zero-order chi connectivity index (χ0) is 13.2. The molecule has 1 N–H and O–H groups in total. The molecule has 0 saturated heterocycles. The zero-order valence-corrected chi connectivity index (χ0v) is 12.3. The number of nitrogens with one attached hydrogen (secondary N) is 1. The molecule has 0 aliphatic rings. The Hall–Kier alpha value is -0.550. The molecule has 102 valence electrons. The number of hydrogen-bond acceptors (Lipinski definition) is 4. The Bertz CT molecular complexity index is 333. The second-order valence-corrected chi connectivity index (χ2v) is 5.27. The van der Waals surface area contributed by atoms with E-state index < -0.39 is 0 Å². The molecule has 1 atom stereocenters. The van der Waals surface area contributed by atoms with Crippen LogP contribution >= 0.6 is 11.8 Å². The highest BCUT2D eigenvalue weighted by atomic mass is 32.2. The van der Waals surface area contributed by atoms with Crippen LogP contribution in [0.15, 0.2) is 29.2 Å². The quantitative estimate of drug-likeness (QED) is 0.551. The third-order valence-corrected chi connectivity index (χ3v) is 3.82. The van der Waals surface area contributed by atoms with Gasteiger partial charge in [0, 0.05) is 38.0 Å². The molecule has 0 aliphatic carbocycles. The first-order valence-corrected chi connectivity index (χ1v) is 7.19. The van der Waals surface area contributed by atoms with Gasteiger partial charge in [-0.15, -0.1) is 11.8 Å². The van der Waals surface area contributed by atoms with Crippen LogP contribution in [-0.4, -0.2) is 39.2 Å². The third-order valence-electron chi connectivity index (χ3n) is 2.60. The molecule has 0 amide bonds. The molecule has 0 spiro atoms. The number of thioether (sulfide) groups is 1. The zero-order valence-electron chi connectivity index (χ0n) is 11.4. The lowest BCUT2D eigenvalue weighted by Crippen LogP contribution is -2.18. The van der Waals surface area contributed by atoms with Gasteiger partial charge in [-0.3, -0.25) is 0 Å². The molecule has 0 heterocycles. The summed E-state index contributed by atoms with van der Waals surface area (Å²) in [4.78, 5) is 1.30. The maximum absolute atomic E-state index is 5.25. The summed E-state index contributed by atoms with van der Waals surface area (Å²) in [5.74, 6) is 0.983. The van der Waals surface area contributed by atoms with Crippen molar-refractivity contribution in [1.82, 2.24) is 5.32 Å². The van der Waals surface area contributed by atoms with E-state index in [4.69, 9.17) is 9.47 Å². The fraction of sp³-hybridized carbons (Fsp3) is 0.571. The summed E-state index contributed by atoms with van der Waals surface area (Å²) < 4.78 is 10.2. The Kier molecular flexibility index (Phi) is 8.09. The molecule has 1 rings (SSSR count). The van der Waals surface area contributed by atoms with Crippen molar-refractivity contribution in [3.05, 3.63) is 29.8 Å². The SMILES string of the molecule is COCCNCc1cccc(SCC(C)OC)c1. The second-order valence-electron chi connectivity index (χ2n) is 4.17. The van der Waals surface area contributed by atoms with Crippen molar-refractivity contribution in [2.24, 2.45) is 0 Å². The number of benzene rings is 1. The van der Waals surface area contributed by atoms with Crippen LogP contribution in [0.3, 0.4) is 0 Å². The summed E-state index contributed by atoms with van der Waals surface area (Å²) in [7, 11) is 3.47. The second kappa shape index (κ2) is 9.39. The number of methoxy groups -OCH3 is 2. The van der Waals surface area contributed by atoms with Crippen LogP contribution in [0, 0.1) is 0 Å². The molecule has 0 aliphatic heterocycles. The first-order valence-electron chi connectivity index (χ1n) is 6.20. The van der Waals surface area contributed by atoms with Gasteiger partial charge in [-0.1, -0.05) is 12.1 Å². The van der Waals surface area contributed by atoms with Gasteiger partial charge in [0.05, 0.1) is 12.7 Å². The normalized spacial score (nSPS) is 12.6. The molecule has 18 heavy (non-hydrogen) atoms. The molecule has 0 fully saturated rings. The minimum Gasteiger partial charge on any atom is -0.383 e. The van der Waals surface area contributed by atoms with Crippen molar-refractivity contribution in [3.8, 4) is 0 Å². The van der Waals surface area contributed by atoms with Gasteiger partial charge < -0.3 is 14.8 Å². The first kappa shape index (κ1) is 15.5. The topological polar surface area (TPSA) is 30.5 Å². The fourth-order valence-corrected chi connectivity index (χ4v) is 2.41. The smallest absolute Gasteiger partial charge is 0.0637 e. The Morgan fingerprint density at radius 1 is 1.33 bits per heavy atom. The van der Waals surface area contributed by atoms with E-state index in [0.29, 0.717) is 6.10 Å². The third kappa shape index (κ3) is 6.40. The van der Waals surface area contributed by atoms with E-state index in [2.05, 4.69) is 36.5 Å². The molecule has 0 aromatic heterocycles. The minimum absolute atomic E-state index is 0.290. The molecule has 0 saturated carbocycles. The number of ether oxygens (including phenoxy) is 2. The van der Waals surface area contributed by atoms with Crippen molar-refractivity contribution in [2.45, 2.75) is 24.5 Å². The highest BCUT2D eigenvalue weighted by Gasteiger charge is 2.02. The summed E-state index contributed by atoms with van der Waals surface area (Å²) >= 11 is 1.83. The summed E-state index contributed by atoms with van der Waals surface area (Å²) in [6.45, 7) is 4.61. The van der Waals surface area contributed by atoms with Crippen LogP contribution in [0.5, 0.6) is 0 Å². The Morgan fingerprint density at radius 2 is 2.17 bits per heavy atom. The molecule has 1 aromatic rings. The van der Waals surface area contributed by atoms with Gasteiger partial charge in [-0.05, 0) is 24.6 Å². The van der Waals surface area contributed by atoms with Crippen molar-refractivity contribution in [1.29, 1.82) is 0 Å². The summed E-state index contributed by atoms with van der Waals surface area (Å²) in [6, 6.07) is 8.62. The first-order chi connectivity index (χ1) is 8.76. The summed E-state index contributed by atoms with van der Waals surface area (Å²) in [5, 5.41) is 3.35. The number of hydrogen-bond donors (Lipinski definition) is 1. The van der Waals surface area contributed by atoms with Crippen molar-refractivity contribution < 1.29 is 9.47 Å². The van der Waals surface area contributed by atoms with E-state index in [9.17, 15) is 0 Å². The van der Waals surface area contributed by atoms with Crippen LogP contribution in [0.1, 0.15) is 12.5 Å². The van der Waals surface area contributed by atoms with E-state index in [1.807, 2.05) is 11.8 Å². The predicted octanol–water partition coefficient (Wildman–Crippen LogP) is 2.55. The number of rotatable bonds is 9. The van der Waals surface area contributed by atoms with Crippen LogP contribution in [0.25, 0.3) is 0 Å². The highest BCUT2D eigenvalue weighted by molar-refractivity contribution is 7.99. The molecular weight excluding hydrogens is 246 g/mol. The molecule has 1 aromatic carbocycles. The van der Waals surface area contributed by atoms with Crippen molar-refractivity contribution in [3.63, 3.8) is 0 Å². The molecule has 4 heteroatoms. The highest BCUT2D eigenvalue weighted by Crippen LogP contribution is 2.20. The summed E-state index contributed by atoms with van der Waals surface area (Å²) in [6.07, 6.45) is 0.290. The van der Waals surface area contributed by atoms with Gasteiger partial charge in [0.15, 0.2) is 0 Å². The van der Waals surface area contributed by atoms with Crippen LogP contribution in [0.2, 0.25) is 0 Å². The van der Waals surface area contributed by atoms with E-state index in [1.165, 1.54) is 10.5 Å². The lowest BCUT2D eigenvalue weighted by Gasteiger charge is -2.10. The van der Waals surface area contributed by atoms with Gasteiger partial charge in [0.2, 0.25) is 0 Å². The van der Waals surface area contributed by atoms with E-state index in [1.54, 1.807) is 14.2 Å². The molecular formula is C14H23NO2S. The Morgan fingerprint density at radius 3 is 2.89 bits per heavy atom. The monoisotopic (exact) mass is 269 g/mol. The van der Waals surface area contributed by atoms with E-state index >= 15 is 0 Å². The average molecular weight is 269 g/mol. The predicted molar refractivity (Wildman–Crippen MR) is 77.2 cm³/mol. The Labute approximate surface area is 114 Å². The standard InChI is InChI=1S/C14H23NO2S/c1-12(17-3)11-18-14-6-4-5-13(9-14)10-15-7-8-16-2/h4-6,9,12,15H,7-8,10-11H2,1-3H3. The van der Waals surface area contributed by atoms with E-state index in [-0.39, 0.29) is 0 Å². The average Bonchev–Trinajstić information content (AvgIpc) is 2.41. The lowest BCUT2D eigenvalue weighted by molar-refractivity contribution is 0.138. The minimum atomic E-state index is 0.290. The van der Waals surface area contributed by atoms with Crippen LogP contribution in [0.4, 0.5) is 0 Å². The largest absolute Gasteiger partial charge is 0.383 e. The molecule has 0 radical (unpaired) electrons. The van der Waals surface area contributed by atoms with Gasteiger partial charge in [0.25, 0.3) is 0 Å². The molecule has 0 bridgehead atoms. The van der Waals surface area contributed by atoms with E-state index in [0.717, 1.165) is 25.4 Å². The van der Waals surface area contributed by atoms with Crippen molar-refractivity contribution in [2.75, 3.05) is 33.1 Å². The fourth-order valence-electron chi connectivity index (χ4n) is 1.43.